The highest BCUT2D eigenvalue weighted by molar-refractivity contribution is 5.76. The van der Waals surface area contributed by atoms with Gasteiger partial charge in [0.15, 0.2) is 0 Å². The van der Waals surface area contributed by atoms with Crippen LogP contribution in [-0.2, 0) is 20.9 Å². The second-order valence-corrected chi connectivity index (χ2v) is 4.29. The van der Waals surface area contributed by atoms with Crippen LogP contribution in [0.1, 0.15) is 18.4 Å². The maximum Gasteiger partial charge on any atom is 0.306 e. The van der Waals surface area contributed by atoms with Gasteiger partial charge in [-0.15, -0.1) is 0 Å². The van der Waals surface area contributed by atoms with Gasteiger partial charge in [-0.05, 0) is 17.9 Å². The van der Waals surface area contributed by atoms with Crippen LogP contribution in [0.25, 0.3) is 0 Å². The molecule has 0 radical (unpaired) electrons. The summed E-state index contributed by atoms with van der Waals surface area (Å²) in [6.45, 7) is 0.254. The summed E-state index contributed by atoms with van der Waals surface area (Å²) in [5, 5.41) is 8.69. The summed E-state index contributed by atoms with van der Waals surface area (Å²) in [5.41, 5.74) is 0.937. The Morgan fingerprint density at radius 3 is 2.59 bits per heavy atom. The lowest BCUT2D eigenvalue weighted by molar-refractivity contribution is -0.145. The van der Waals surface area contributed by atoms with Gasteiger partial charge in [0.1, 0.15) is 6.61 Å². The summed E-state index contributed by atoms with van der Waals surface area (Å²) in [4.78, 5) is 22.0. The molecule has 0 aromatic heterocycles. The lowest BCUT2D eigenvalue weighted by Gasteiger charge is -2.04. The molecule has 0 heterocycles. The van der Waals surface area contributed by atoms with Crippen molar-refractivity contribution in [2.45, 2.75) is 19.4 Å². The monoisotopic (exact) mass is 234 g/mol. The molecule has 17 heavy (non-hydrogen) atoms. The molecule has 0 amide bonds. The number of rotatable bonds is 5. The van der Waals surface area contributed by atoms with Gasteiger partial charge in [-0.2, -0.15) is 0 Å². The first-order valence-electron chi connectivity index (χ1n) is 5.59. The van der Waals surface area contributed by atoms with E-state index in [9.17, 15) is 9.59 Å². The molecular weight excluding hydrogens is 220 g/mol. The van der Waals surface area contributed by atoms with Crippen molar-refractivity contribution in [3.63, 3.8) is 0 Å². The van der Waals surface area contributed by atoms with Gasteiger partial charge >= 0.3 is 11.9 Å². The summed E-state index contributed by atoms with van der Waals surface area (Å²) in [5.74, 6) is -1.51. The number of esters is 1. The second-order valence-electron chi connectivity index (χ2n) is 4.29. The number of benzene rings is 1. The third-order valence-corrected chi connectivity index (χ3v) is 2.91. The molecule has 1 aliphatic carbocycles. The number of ether oxygens (including phenoxy) is 1. The average molecular weight is 234 g/mol. The molecule has 1 aromatic rings. The van der Waals surface area contributed by atoms with Crippen LogP contribution in [-0.4, -0.2) is 17.0 Å². The van der Waals surface area contributed by atoms with Crippen molar-refractivity contribution >= 4 is 11.9 Å². The van der Waals surface area contributed by atoms with Crippen molar-refractivity contribution in [3.8, 4) is 0 Å². The fraction of sp³-hybridized carbons (Fsp3) is 0.385. The Bertz CT molecular complexity index is 413. The van der Waals surface area contributed by atoms with Crippen LogP contribution in [0, 0.1) is 11.8 Å². The topological polar surface area (TPSA) is 63.6 Å². The Morgan fingerprint density at radius 1 is 1.29 bits per heavy atom. The highest BCUT2D eigenvalue weighted by atomic mass is 16.5. The first-order chi connectivity index (χ1) is 8.16. The fourth-order valence-corrected chi connectivity index (χ4v) is 1.79. The molecule has 1 fully saturated rings. The summed E-state index contributed by atoms with van der Waals surface area (Å²) in [7, 11) is 0. The van der Waals surface area contributed by atoms with Crippen LogP contribution < -0.4 is 0 Å². The molecule has 0 bridgehead atoms. The Morgan fingerprint density at radius 2 is 2.00 bits per heavy atom. The standard InChI is InChI=1S/C13H14O4/c14-12(7-10-6-11(10)13(15)16)17-8-9-4-2-1-3-5-9/h1-5,10-11H,6-8H2,(H,15,16)/t10-,11+/m1/s1. The molecule has 4 heteroatoms. The lowest BCUT2D eigenvalue weighted by atomic mass is 10.2. The van der Waals surface area contributed by atoms with Gasteiger partial charge in [-0.1, -0.05) is 30.3 Å². The molecule has 1 aromatic carbocycles. The van der Waals surface area contributed by atoms with E-state index in [-0.39, 0.29) is 30.8 Å². The molecule has 2 rings (SSSR count). The first kappa shape index (κ1) is 11.6. The third kappa shape index (κ3) is 3.31. The average Bonchev–Trinajstić information content (AvgIpc) is 3.07. The quantitative estimate of drug-likeness (QED) is 0.789. The first-order valence-corrected chi connectivity index (χ1v) is 5.59. The van der Waals surface area contributed by atoms with Crippen LogP contribution in [0.2, 0.25) is 0 Å². The minimum absolute atomic E-state index is 0.0317. The molecule has 1 N–H and O–H groups in total. The van der Waals surface area contributed by atoms with Gasteiger partial charge in [-0.3, -0.25) is 9.59 Å². The van der Waals surface area contributed by atoms with Crippen LogP contribution >= 0.6 is 0 Å². The summed E-state index contributed by atoms with van der Waals surface area (Å²) < 4.78 is 5.08. The Hall–Kier alpha value is -1.84. The van der Waals surface area contributed by atoms with Gasteiger partial charge in [-0.25, -0.2) is 0 Å². The molecule has 2 atom stereocenters. The number of carboxylic acid groups (broad SMARTS) is 1. The van der Waals surface area contributed by atoms with E-state index < -0.39 is 5.97 Å². The Balaban J connectivity index is 1.71. The van der Waals surface area contributed by atoms with Gasteiger partial charge < -0.3 is 9.84 Å². The highest BCUT2D eigenvalue weighted by Crippen LogP contribution is 2.41. The number of hydrogen-bond acceptors (Lipinski definition) is 3. The van der Waals surface area contributed by atoms with Crippen LogP contribution in [0.4, 0.5) is 0 Å². The van der Waals surface area contributed by atoms with E-state index in [0.29, 0.717) is 6.42 Å². The number of carbonyl (C=O) groups is 2. The zero-order chi connectivity index (χ0) is 12.3. The van der Waals surface area contributed by atoms with E-state index in [1.807, 2.05) is 30.3 Å². The number of aliphatic carboxylic acids is 1. The highest BCUT2D eigenvalue weighted by Gasteiger charge is 2.44. The number of hydrogen-bond donors (Lipinski definition) is 1. The molecule has 4 nitrogen and oxygen atoms in total. The molecule has 0 unspecified atom stereocenters. The molecule has 1 aliphatic rings. The predicted octanol–water partition coefficient (Wildman–Crippen LogP) is 1.84. The van der Waals surface area contributed by atoms with Gasteiger partial charge in [0, 0.05) is 6.42 Å². The van der Waals surface area contributed by atoms with Crippen LogP contribution in [0.3, 0.4) is 0 Å². The molecule has 90 valence electrons. The van der Waals surface area contributed by atoms with E-state index in [0.717, 1.165) is 5.56 Å². The third-order valence-electron chi connectivity index (χ3n) is 2.91. The normalized spacial score (nSPS) is 21.9. The maximum atomic E-state index is 11.4. The molecule has 0 spiro atoms. The van der Waals surface area contributed by atoms with Crippen molar-refractivity contribution in [1.29, 1.82) is 0 Å². The Labute approximate surface area is 99.2 Å². The minimum atomic E-state index is -0.814. The molecule has 0 saturated heterocycles. The molecule has 0 aliphatic heterocycles. The minimum Gasteiger partial charge on any atom is -0.481 e. The van der Waals surface area contributed by atoms with E-state index in [2.05, 4.69) is 0 Å². The van der Waals surface area contributed by atoms with E-state index >= 15 is 0 Å². The van der Waals surface area contributed by atoms with E-state index in [1.165, 1.54) is 0 Å². The molecular formula is C13H14O4. The Kier molecular flexibility index (Phi) is 3.42. The van der Waals surface area contributed by atoms with Gasteiger partial charge in [0.2, 0.25) is 0 Å². The van der Waals surface area contributed by atoms with Crippen molar-refractivity contribution in [3.05, 3.63) is 35.9 Å². The zero-order valence-electron chi connectivity index (χ0n) is 9.33. The van der Waals surface area contributed by atoms with Crippen molar-refractivity contribution in [2.75, 3.05) is 0 Å². The summed E-state index contributed by atoms with van der Waals surface area (Å²) in [6.07, 6.45) is 0.805. The largest absolute Gasteiger partial charge is 0.481 e. The molecule has 1 saturated carbocycles. The number of carboxylic acids is 1. The predicted molar refractivity (Wildman–Crippen MR) is 60.1 cm³/mol. The van der Waals surface area contributed by atoms with Crippen molar-refractivity contribution < 1.29 is 19.4 Å². The van der Waals surface area contributed by atoms with E-state index in [4.69, 9.17) is 9.84 Å². The van der Waals surface area contributed by atoms with Crippen LogP contribution in [0.5, 0.6) is 0 Å². The summed E-state index contributed by atoms with van der Waals surface area (Å²) >= 11 is 0. The van der Waals surface area contributed by atoms with Crippen molar-refractivity contribution in [2.24, 2.45) is 11.8 Å². The second kappa shape index (κ2) is 4.99. The smallest absolute Gasteiger partial charge is 0.306 e. The van der Waals surface area contributed by atoms with Gasteiger partial charge in [0.05, 0.1) is 5.92 Å². The number of carbonyl (C=O) groups excluding carboxylic acids is 1. The van der Waals surface area contributed by atoms with Crippen LogP contribution in [0.15, 0.2) is 30.3 Å². The summed E-state index contributed by atoms with van der Waals surface area (Å²) in [6, 6.07) is 9.41. The zero-order valence-corrected chi connectivity index (χ0v) is 9.33. The van der Waals surface area contributed by atoms with Gasteiger partial charge in [0.25, 0.3) is 0 Å². The maximum absolute atomic E-state index is 11.4. The SMILES string of the molecule is O=C(C[C@H]1C[C@@H]1C(=O)O)OCc1ccccc1. The fourth-order valence-electron chi connectivity index (χ4n) is 1.79. The van der Waals surface area contributed by atoms with E-state index in [1.54, 1.807) is 0 Å². The van der Waals surface area contributed by atoms with Crippen molar-refractivity contribution in [1.82, 2.24) is 0 Å². The lowest BCUT2D eigenvalue weighted by Crippen LogP contribution is -2.08.